The first-order chi connectivity index (χ1) is 15.5. The van der Waals surface area contributed by atoms with Crippen LogP contribution >= 0.6 is 0 Å². The van der Waals surface area contributed by atoms with Crippen LogP contribution in [0.3, 0.4) is 0 Å². The maximum atomic E-state index is 11.3. The Morgan fingerprint density at radius 3 is 1.84 bits per heavy atom. The molecule has 0 unspecified atom stereocenters. The number of hydrogen-bond acceptors (Lipinski definition) is 4. The van der Waals surface area contributed by atoms with Gasteiger partial charge in [0.05, 0.1) is 0 Å². The number of likely N-dealkylation sites (N-methyl/N-ethyl adjacent to an activating group) is 1. The molecule has 0 aliphatic heterocycles. The quantitative estimate of drug-likeness (QED) is 0.240. The molecule has 0 aliphatic rings. The number of rotatable bonds is 9. The SMILES string of the molecule is CC/C(=C(/c1ccc(OCCN(C)C)cc1)c1ccc(OC(C)=O)cc1)c1ccccc1. The standard InChI is InChI=1S/C28H31NO3/c1-5-27(22-9-7-6-8-10-22)28(24-13-17-26(18-14-24)32-21(2)30)23-11-15-25(16-12-23)31-20-19-29(3)4/h6-18H,5,19-20H2,1-4H3/b28-27+. The van der Waals surface area contributed by atoms with Gasteiger partial charge in [-0.3, -0.25) is 4.79 Å². The first kappa shape index (κ1) is 23.3. The molecule has 0 saturated heterocycles. The van der Waals surface area contributed by atoms with Crippen LogP contribution in [0.4, 0.5) is 0 Å². The van der Waals surface area contributed by atoms with Crippen LogP contribution in [-0.4, -0.2) is 38.1 Å². The molecular weight excluding hydrogens is 398 g/mol. The van der Waals surface area contributed by atoms with Gasteiger partial charge < -0.3 is 14.4 Å². The summed E-state index contributed by atoms with van der Waals surface area (Å²) < 4.78 is 11.1. The molecule has 3 aromatic carbocycles. The molecule has 0 aliphatic carbocycles. The molecular formula is C28H31NO3. The molecule has 0 radical (unpaired) electrons. The Balaban J connectivity index is 2.01. The molecule has 3 rings (SSSR count). The molecule has 0 heterocycles. The fraction of sp³-hybridized carbons (Fsp3) is 0.250. The first-order valence-corrected chi connectivity index (χ1v) is 10.9. The summed E-state index contributed by atoms with van der Waals surface area (Å²) in [7, 11) is 4.07. The minimum Gasteiger partial charge on any atom is -0.492 e. The Hall–Kier alpha value is -3.37. The average molecular weight is 430 g/mol. The lowest BCUT2D eigenvalue weighted by molar-refractivity contribution is -0.131. The molecule has 0 spiro atoms. The zero-order valence-electron chi connectivity index (χ0n) is 19.3. The van der Waals surface area contributed by atoms with Crippen molar-refractivity contribution < 1.29 is 14.3 Å². The zero-order valence-corrected chi connectivity index (χ0v) is 19.3. The van der Waals surface area contributed by atoms with Gasteiger partial charge in [0.15, 0.2) is 0 Å². The van der Waals surface area contributed by atoms with Crippen LogP contribution in [0.25, 0.3) is 11.1 Å². The number of allylic oxidation sites excluding steroid dienone is 1. The number of esters is 1. The summed E-state index contributed by atoms with van der Waals surface area (Å²) in [5.74, 6) is 1.08. The second kappa shape index (κ2) is 11.3. The van der Waals surface area contributed by atoms with E-state index < -0.39 is 0 Å². The summed E-state index contributed by atoms with van der Waals surface area (Å²) in [4.78, 5) is 13.4. The third kappa shape index (κ3) is 6.32. The van der Waals surface area contributed by atoms with Crippen molar-refractivity contribution in [3.05, 3.63) is 95.6 Å². The lowest BCUT2D eigenvalue weighted by Crippen LogP contribution is -2.19. The van der Waals surface area contributed by atoms with Crippen molar-refractivity contribution in [3.8, 4) is 11.5 Å². The minimum atomic E-state index is -0.322. The van der Waals surface area contributed by atoms with Crippen LogP contribution in [0.1, 0.15) is 37.0 Å². The van der Waals surface area contributed by atoms with E-state index in [1.165, 1.54) is 18.1 Å². The zero-order chi connectivity index (χ0) is 22.9. The van der Waals surface area contributed by atoms with Crippen molar-refractivity contribution in [2.45, 2.75) is 20.3 Å². The summed E-state index contributed by atoms with van der Waals surface area (Å²) in [5.41, 5.74) is 5.80. The molecule has 3 aromatic rings. The Morgan fingerprint density at radius 2 is 1.34 bits per heavy atom. The molecule has 0 N–H and O–H groups in total. The smallest absolute Gasteiger partial charge is 0.308 e. The molecule has 0 atom stereocenters. The van der Waals surface area contributed by atoms with Crippen LogP contribution in [-0.2, 0) is 4.79 Å². The van der Waals surface area contributed by atoms with Crippen molar-refractivity contribution in [2.24, 2.45) is 0 Å². The van der Waals surface area contributed by atoms with Gasteiger partial charge in [-0.1, -0.05) is 61.5 Å². The predicted octanol–water partition coefficient (Wildman–Crippen LogP) is 5.92. The highest BCUT2D eigenvalue weighted by Gasteiger charge is 2.14. The van der Waals surface area contributed by atoms with Crippen LogP contribution in [0, 0.1) is 0 Å². The second-order valence-corrected chi connectivity index (χ2v) is 7.87. The van der Waals surface area contributed by atoms with Gasteiger partial charge in [-0.2, -0.15) is 0 Å². The van der Waals surface area contributed by atoms with Crippen molar-refractivity contribution in [1.82, 2.24) is 4.90 Å². The normalized spacial score (nSPS) is 11.8. The molecule has 0 saturated carbocycles. The maximum Gasteiger partial charge on any atom is 0.308 e. The van der Waals surface area contributed by atoms with Gasteiger partial charge in [-0.25, -0.2) is 0 Å². The number of hydrogen-bond donors (Lipinski definition) is 0. The van der Waals surface area contributed by atoms with Gasteiger partial charge >= 0.3 is 5.97 Å². The number of ether oxygens (including phenoxy) is 2. The van der Waals surface area contributed by atoms with E-state index in [4.69, 9.17) is 9.47 Å². The fourth-order valence-corrected chi connectivity index (χ4v) is 3.60. The molecule has 166 valence electrons. The Bertz CT molecular complexity index is 1040. The van der Waals surface area contributed by atoms with E-state index in [9.17, 15) is 4.79 Å². The number of carbonyl (C=O) groups is 1. The minimum absolute atomic E-state index is 0.322. The summed E-state index contributed by atoms with van der Waals surface area (Å²) in [6.45, 7) is 5.10. The van der Waals surface area contributed by atoms with Crippen LogP contribution in [0.2, 0.25) is 0 Å². The van der Waals surface area contributed by atoms with E-state index in [1.807, 2.05) is 56.6 Å². The van der Waals surface area contributed by atoms with Crippen LogP contribution < -0.4 is 9.47 Å². The molecule has 32 heavy (non-hydrogen) atoms. The molecule has 0 fully saturated rings. The summed E-state index contributed by atoms with van der Waals surface area (Å²) in [6, 6.07) is 26.4. The van der Waals surface area contributed by atoms with E-state index in [1.54, 1.807) is 0 Å². The van der Waals surface area contributed by atoms with Gasteiger partial charge in [0.2, 0.25) is 0 Å². The predicted molar refractivity (Wildman–Crippen MR) is 131 cm³/mol. The Labute approximate surface area is 191 Å². The molecule has 4 heteroatoms. The third-order valence-corrected chi connectivity index (χ3v) is 5.13. The largest absolute Gasteiger partial charge is 0.492 e. The van der Waals surface area contributed by atoms with Crippen molar-refractivity contribution in [3.63, 3.8) is 0 Å². The Kier molecular flexibility index (Phi) is 8.23. The summed E-state index contributed by atoms with van der Waals surface area (Å²) in [6.07, 6.45) is 0.881. The van der Waals surface area contributed by atoms with E-state index in [0.29, 0.717) is 12.4 Å². The summed E-state index contributed by atoms with van der Waals surface area (Å²) >= 11 is 0. The van der Waals surface area contributed by atoms with Gasteiger partial charge in [0.1, 0.15) is 18.1 Å². The van der Waals surface area contributed by atoms with Crippen LogP contribution in [0.5, 0.6) is 11.5 Å². The van der Waals surface area contributed by atoms with Gasteiger partial charge in [-0.05, 0) is 72.6 Å². The van der Waals surface area contributed by atoms with Gasteiger partial charge in [-0.15, -0.1) is 0 Å². The van der Waals surface area contributed by atoms with Gasteiger partial charge in [0, 0.05) is 13.5 Å². The molecule has 0 bridgehead atoms. The fourth-order valence-electron chi connectivity index (χ4n) is 3.60. The van der Waals surface area contributed by atoms with Gasteiger partial charge in [0.25, 0.3) is 0 Å². The number of nitrogens with zero attached hydrogens (tertiary/aromatic N) is 1. The summed E-state index contributed by atoms with van der Waals surface area (Å²) in [5, 5.41) is 0. The number of benzene rings is 3. The highest BCUT2D eigenvalue weighted by Crippen LogP contribution is 2.35. The van der Waals surface area contributed by atoms with E-state index >= 15 is 0 Å². The van der Waals surface area contributed by atoms with E-state index in [0.717, 1.165) is 35.4 Å². The topological polar surface area (TPSA) is 38.8 Å². The van der Waals surface area contributed by atoms with Crippen LogP contribution in [0.15, 0.2) is 78.9 Å². The average Bonchev–Trinajstić information content (AvgIpc) is 2.79. The third-order valence-electron chi connectivity index (χ3n) is 5.13. The highest BCUT2D eigenvalue weighted by atomic mass is 16.5. The first-order valence-electron chi connectivity index (χ1n) is 10.9. The monoisotopic (exact) mass is 429 g/mol. The van der Waals surface area contributed by atoms with Crippen molar-refractivity contribution >= 4 is 17.1 Å². The molecule has 4 nitrogen and oxygen atoms in total. The lowest BCUT2D eigenvalue weighted by atomic mass is 9.88. The number of carbonyl (C=O) groups excluding carboxylic acids is 1. The van der Waals surface area contributed by atoms with Crippen molar-refractivity contribution in [1.29, 1.82) is 0 Å². The second-order valence-electron chi connectivity index (χ2n) is 7.87. The molecule has 0 amide bonds. The molecule has 0 aromatic heterocycles. The Morgan fingerprint density at radius 1 is 0.781 bits per heavy atom. The lowest BCUT2D eigenvalue weighted by Gasteiger charge is -2.17. The van der Waals surface area contributed by atoms with E-state index in [-0.39, 0.29) is 5.97 Å². The van der Waals surface area contributed by atoms with E-state index in [2.05, 4.69) is 48.2 Å². The highest BCUT2D eigenvalue weighted by molar-refractivity contribution is 5.98. The maximum absolute atomic E-state index is 11.3. The van der Waals surface area contributed by atoms with Crippen molar-refractivity contribution in [2.75, 3.05) is 27.2 Å².